The largest absolute Gasteiger partial charge is 0.482 e. The monoisotopic (exact) mass is 210 g/mol. The predicted molar refractivity (Wildman–Crippen MR) is 54.5 cm³/mol. The lowest BCUT2D eigenvalue weighted by Crippen LogP contribution is -2.25. The molecule has 15 heavy (non-hydrogen) atoms. The lowest BCUT2D eigenvalue weighted by molar-refractivity contribution is -0.122. The summed E-state index contributed by atoms with van der Waals surface area (Å²) < 4.78 is 5.20. The van der Waals surface area contributed by atoms with Crippen LogP contribution in [0.4, 0.5) is 0 Å². The van der Waals surface area contributed by atoms with E-state index < -0.39 is 0 Å². The molecule has 0 unspecified atom stereocenters. The van der Waals surface area contributed by atoms with Gasteiger partial charge >= 0.3 is 0 Å². The van der Waals surface area contributed by atoms with E-state index in [1.54, 1.807) is 12.1 Å². The Morgan fingerprint density at radius 2 is 2.33 bits per heavy atom. The van der Waals surface area contributed by atoms with Gasteiger partial charge in [-0.05, 0) is 19.1 Å². The normalized spacial score (nSPS) is 9.80. The number of amides is 1. The third kappa shape index (κ3) is 3.21. The summed E-state index contributed by atoms with van der Waals surface area (Å²) in [7, 11) is 1.53. The van der Waals surface area contributed by atoms with E-state index in [4.69, 9.17) is 9.84 Å². The number of hydrogen-bond acceptors (Lipinski definition) is 4. The first-order valence-corrected chi connectivity index (χ1v) is 4.58. The number of pyridine rings is 1. The van der Waals surface area contributed by atoms with E-state index in [1.165, 1.54) is 7.05 Å². The molecule has 0 aromatic carbocycles. The van der Waals surface area contributed by atoms with Gasteiger partial charge in [-0.15, -0.1) is 0 Å². The van der Waals surface area contributed by atoms with Gasteiger partial charge in [0.25, 0.3) is 5.91 Å². The molecule has 82 valence electrons. The van der Waals surface area contributed by atoms with Crippen LogP contribution >= 0.6 is 0 Å². The zero-order valence-corrected chi connectivity index (χ0v) is 8.78. The Morgan fingerprint density at radius 1 is 1.60 bits per heavy atom. The standard InChI is InChI=1S/C10H14N2O3/c1-7-3-4-9(8(5-13)12-7)15-6-10(14)11-2/h3-4,13H,5-6H2,1-2H3,(H,11,14). The molecule has 1 amide bonds. The average Bonchev–Trinajstić information content (AvgIpc) is 2.26. The molecule has 5 nitrogen and oxygen atoms in total. The van der Waals surface area contributed by atoms with Gasteiger partial charge in [0, 0.05) is 12.7 Å². The summed E-state index contributed by atoms with van der Waals surface area (Å²) in [6.45, 7) is 1.54. The van der Waals surface area contributed by atoms with Crippen LogP contribution in [-0.2, 0) is 11.4 Å². The summed E-state index contributed by atoms with van der Waals surface area (Å²) in [6, 6.07) is 3.45. The molecule has 0 aliphatic carbocycles. The lowest BCUT2D eigenvalue weighted by Gasteiger charge is -2.08. The minimum Gasteiger partial charge on any atom is -0.482 e. The highest BCUT2D eigenvalue weighted by Crippen LogP contribution is 2.16. The van der Waals surface area contributed by atoms with Gasteiger partial charge in [0.15, 0.2) is 6.61 Å². The molecular weight excluding hydrogens is 196 g/mol. The van der Waals surface area contributed by atoms with Crippen LogP contribution < -0.4 is 10.1 Å². The maximum absolute atomic E-state index is 10.9. The van der Waals surface area contributed by atoms with E-state index in [9.17, 15) is 4.79 Å². The molecule has 0 saturated heterocycles. The minimum absolute atomic E-state index is 0.0752. The molecule has 0 radical (unpaired) electrons. The third-order valence-corrected chi connectivity index (χ3v) is 1.86. The molecule has 0 bridgehead atoms. The quantitative estimate of drug-likeness (QED) is 0.734. The number of nitrogens with one attached hydrogen (secondary N) is 1. The van der Waals surface area contributed by atoms with Gasteiger partial charge in [-0.1, -0.05) is 0 Å². The highest BCUT2D eigenvalue weighted by molar-refractivity contribution is 5.77. The highest BCUT2D eigenvalue weighted by atomic mass is 16.5. The van der Waals surface area contributed by atoms with Crippen LogP contribution in [0.1, 0.15) is 11.4 Å². The van der Waals surface area contributed by atoms with Gasteiger partial charge in [0.1, 0.15) is 11.4 Å². The number of likely N-dealkylation sites (N-methyl/N-ethyl adjacent to an activating group) is 1. The molecule has 5 heteroatoms. The van der Waals surface area contributed by atoms with Crippen molar-refractivity contribution in [3.63, 3.8) is 0 Å². The molecule has 0 atom stereocenters. The summed E-state index contributed by atoms with van der Waals surface area (Å²) in [5.74, 6) is 0.214. The Labute approximate surface area is 88.1 Å². The molecule has 1 aromatic heterocycles. The summed E-state index contributed by atoms with van der Waals surface area (Å²) >= 11 is 0. The second-order valence-corrected chi connectivity index (χ2v) is 3.02. The van der Waals surface area contributed by atoms with E-state index in [0.29, 0.717) is 11.4 Å². The number of aryl methyl sites for hydroxylation is 1. The fraction of sp³-hybridized carbons (Fsp3) is 0.400. The second-order valence-electron chi connectivity index (χ2n) is 3.02. The van der Waals surface area contributed by atoms with E-state index >= 15 is 0 Å². The van der Waals surface area contributed by atoms with Gasteiger partial charge < -0.3 is 15.2 Å². The van der Waals surface area contributed by atoms with Crippen molar-refractivity contribution in [2.24, 2.45) is 0 Å². The van der Waals surface area contributed by atoms with Crippen molar-refractivity contribution in [1.29, 1.82) is 0 Å². The maximum Gasteiger partial charge on any atom is 0.257 e. The van der Waals surface area contributed by atoms with Crippen LogP contribution in [-0.4, -0.2) is 29.7 Å². The lowest BCUT2D eigenvalue weighted by atomic mass is 10.3. The Bertz CT molecular complexity index is 353. The first-order chi connectivity index (χ1) is 7.17. The van der Waals surface area contributed by atoms with Gasteiger partial charge in [0.05, 0.1) is 6.61 Å². The number of ether oxygens (including phenoxy) is 1. The Morgan fingerprint density at radius 3 is 2.93 bits per heavy atom. The minimum atomic E-state index is -0.223. The number of aliphatic hydroxyl groups excluding tert-OH is 1. The number of aromatic nitrogens is 1. The summed E-state index contributed by atoms with van der Waals surface area (Å²) in [6.07, 6.45) is 0. The van der Waals surface area contributed by atoms with Crippen LogP contribution in [0.25, 0.3) is 0 Å². The predicted octanol–water partition coefficient (Wildman–Crippen LogP) is 0.00712. The van der Waals surface area contributed by atoms with E-state index in [0.717, 1.165) is 5.69 Å². The van der Waals surface area contributed by atoms with Crippen molar-refractivity contribution in [3.8, 4) is 5.75 Å². The zero-order chi connectivity index (χ0) is 11.3. The Balaban J connectivity index is 2.72. The topological polar surface area (TPSA) is 71.5 Å². The highest BCUT2D eigenvalue weighted by Gasteiger charge is 2.06. The smallest absolute Gasteiger partial charge is 0.257 e. The fourth-order valence-corrected chi connectivity index (χ4v) is 1.06. The van der Waals surface area contributed by atoms with Crippen molar-refractivity contribution in [3.05, 3.63) is 23.5 Å². The molecule has 1 heterocycles. The molecule has 1 aromatic rings. The average molecular weight is 210 g/mol. The molecule has 0 spiro atoms. The molecular formula is C10H14N2O3. The number of carbonyl (C=O) groups is 1. The zero-order valence-electron chi connectivity index (χ0n) is 8.78. The number of hydrogen-bond donors (Lipinski definition) is 2. The van der Waals surface area contributed by atoms with Crippen molar-refractivity contribution in [2.45, 2.75) is 13.5 Å². The molecule has 0 aliphatic heterocycles. The van der Waals surface area contributed by atoms with Crippen LogP contribution in [0.2, 0.25) is 0 Å². The number of rotatable bonds is 4. The van der Waals surface area contributed by atoms with Gasteiger partial charge in [-0.3, -0.25) is 9.78 Å². The first-order valence-electron chi connectivity index (χ1n) is 4.58. The van der Waals surface area contributed by atoms with Crippen LogP contribution in [0.5, 0.6) is 5.75 Å². The summed E-state index contributed by atoms with van der Waals surface area (Å²) in [5, 5.41) is 11.5. The number of carbonyl (C=O) groups excluding carboxylic acids is 1. The van der Waals surface area contributed by atoms with E-state index in [-0.39, 0.29) is 19.1 Å². The summed E-state index contributed by atoms with van der Waals surface area (Å²) in [5.41, 5.74) is 1.24. The SMILES string of the molecule is CNC(=O)COc1ccc(C)nc1CO. The van der Waals surface area contributed by atoms with Gasteiger partial charge in [0.2, 0.25) is 0 Å². The van der Waals surface area contributed by atoms with Crippen molar-refractivity contribution in [2.75, 3.05) is 13.7 Å². The van der Waals surface area contributed by atoms with Gasteiger partial charge in [-0.2, -0.15) is 0 Å². The van der Waals surface area contributed by atoms with Crippen LogP contribution in [0.15, 0.2) is 12.1 Å². The Kier molecular flexibility index (Phi) is 4.05. The van der Waals surface area contributed by atoms with E-state index in [1.807, 2.05) is 6.92 Å². The van der Waals surface area contributed by atoms with Crippen LogP contribution in [0.3, 0.4) is 0 Å². The first kappa shape index (κ1) is 11.5. The molecule has 2 N–H and O–H groups in total. The third-order valence-electron chi connectivity index (χ3n) is 1.86. The second kappa shape index (κ2) is 5.31. The number of aliphatic hydroxyl groups is 1. The van der Waals surface area contributed by atoms with E-state index in [2.05, 4.69) is 10.3 Å². The maximum atomic E-state index is 10.9. The molecule has 0 fully saturated rings. The Hall–Kier alpha value is -1.62. The van der Waals surface area contributed by atoms with Gasteiger partial charge in [-0.25, -0.2) is 0 Å². The number of nitrogens with zero attached hydrogens (tertiary/aromatic N) is 1. The summed E-state index contributed by atoms with van der Waals surface area (Å²) in [4.78, 5) is 15.0. The van der Waals surface area contributed by atoms with Crippen LogP contribution in [0, 0.1) is 6.92 Å². The van der Waals surface area contributed by atoms with Crippen molar-refractivity contribution < 1.29 is 14.6 Å². The molecule has 0 saturated carbocycles. The molecule has 1 rings (SSSR count). The fourth-order valence-electron chi connectivity index (χ4n) is 1.06. The van der Waals surface area contributed by atoms with Crippen molar-refractivity contribution >= 4 is 5.91 Å². The molecule has 0 aliphatic rings. The van der Waals surface area contributed by atoms with Crippen molar-refractivity contribution in [1.82, 2.24) is 10.3 Å².